The van der Waals surface area contributed by atoms with Gasteiger partial charge in [0.15, 0.2) is 5.16 Å². The number of halogens is 2. The molecule has 1 N–H and O–H groups in total. The molecule has 0 amide bonds. The van der Waals surface area contributed by atoms with E-state index in [0.29, 0.717) is 22.2 Å². The van der Waals surface area contributed by atoms with Crippen LogP contribution in [0.3, 0.4) is 0 Å². The minimum Gasteiger partial charge on any atom is -0.495 e. The second-order valence-corrected chi connectivity index (χ2v) is 6.75. The normalized spacial score (nSPS) is 10.2. The quantitative estimate of drug-likeness (QED) is 0.416. The second kappa shape index (κ2) is 6.81. The van der Waals surface area contributed by atoms with Crippen LogP contribution in [0.2, 0.25) is 0 Å². The molecule has 1 aromatic carbocycles. The number of aromatic nitrogens is 2. The van der Waals surface area contributed by atoms with Crippen LogP contribution in [0, 0.1) is 14.9 Å². The molecule has 0 aliphatic carbocycles. The first kappa shape index (κ1) is 16.3. The van der Waals surface area contributed by atoms with Crippen LogP contribution in [-0.4, -0.2) is 23.3 Å². The summed E-state index contributed by atoms with van der Waals surface area (Å²) in [5.74, 6) is 0.584. The van der Waals surface area contributed by atoms with Gasteiger partial charge in [-0.2, -0.15) is 5.26 Å². The average Bonchev–Trinajstić information content (AvgIpc) is 2.45. The van der Waals surface area contributed by atoms with Crippen molar-refractivity contribution < 1.29 is 4.74 Å². The van der Waals surface area contributed by atoms with Crippen molar-refractivity contribution in [2.24, 2.45) is 0 Å². The number of nitrogens with one attached hydrogen (secondary N) is 1. The molecule has 0 bridgehead atoms. The van der Waals surface area contributed by atoms with Gasteiger partial charge < -0.3 is 9.72 Å². The lowest BCUT2D eigenvalue weighted by Gasteiger charge is -2.12. The molecule has 0 aliphatic heterocycles. The number of hydrogen-bond acceptors (Lipinski definition) is 5. The Balaban J connectivity index is 2.87. The molecule has 0 saturated carbocycles. The maximum absolute atomic E-state index is 12.0. The summed E-state index contributed by atoms with van der Waals surface area (Å²) in [4.78, 5) is 18.9. The summed E-state index contributed by atoms with van der Waals surface area (Å²) >= 11 is 6.85. The van der Waals surface area contributed by atoms with Gasteiger partial charge in [-0.3, -0.25) is 4.79 Å². The maximum Gasteiger partial charge on any atom is 0.270 e. The summed E-state index contributed by atoms with van der Waals surface area (Å²) in [6.07, 6.45) is 1.80. The first-order valence-electron chi connectivity index (χ1n) is 5.63. The van der Waals surface area contributed by atoms with Crippen LogP contribution >= 0.6 is 50.3 Å². The Kier molecular flexibility index (Phi) is 5.29. The molecule has 108 valence electrons. The van der Waals surface area contributed by atoms with Crippen LogP contribution in [0.5, 0.6) is 5.75 Å². The van der Waals surface area contributed by atoms with Gasteiger partial charge in [-0.05, 0) is 41.0 Å². The molecule has 0 spiro atoms. The summed E-state index contributed by atoms with van der Waals surface area (Å²) in [6, 6.07) is 5.59. The fraction of sp³-hybridized carbons (Fsp3) is 0.154. The predicted octanol–water partition coefficient (Wildman–Crippen LogP) is 3.41. The number of methoxy groups -OCH3 is 1. The van der Waals surface area contributed by atoms with Crippen molar-refractivity contribution in [3.8, 4) is 23.1 Å². The Morgan fingerprint density at radius 1 is 1.52 bits per heavy atom. The van der Waals surface area contributed by atoms with E-state index >= 15 is 0 Å². The predicted molar refractivity (Wildman–Crippen MR) is 93.8 cm³/mol. The van der Waals surface area contributed by atoms with E-state index in [2.05, 4.69) is 48.5 Å². The molecule has 8 heteroatoms. The second-order valence-electron chi connectivity index (χ2n) is 3.88. The highest BCUT2D eigenvalue weighted by atomic mass is 127. The van der Waals surface area contributed by atoms with Gasteiger partial charge in [0.1, 0.15) is 23.1 Å². The number of hydrogen-bond donors (Lipinski definition) is 1. The molecule has 1 heterocycles. The lowest BCUT2D eigenvalue weighted by molar-refractivity contribution is 0.413. The average molecular weight is 478 g/mol. The third-order valence-corrected chi connectivity index (χ3v) is 4.51. The number of thioether (sulfide) groups is 1. The fourth-order valence-corrected chi connectivity index (χ4v) is 3.90. The van der Waals surface area contributed by atoms with Gasteiger partial charge in [0.2, 0.25) is 0 Å². The van der Waals surface area contributed by atoms with E-state index < -0.39 is 5.56 Å². The molecule has 2 aromatic rings. The molecule has 21 heavy (non-hydrogen) atoms. The highest BCUT2D eigenvalue weighted by Gasteiger charge is 2.19. The summed E-state index contributed by atoms with van der Waals surface area (Å²) in [5.41, 5.74) is 0.444. The summed E-state index contributed by atoms with van der Waals surface area (Å²) in [7, 11) is 1.55. The Labute approximate surface area is 147 Å². The largest absolute Gasteiger partial charge is 0.495 e. The number of nitrogens with zero attached hydrogens (tertiary/aromatic N) is 2. The van der Waals surface area contributed by atoms with E-state index in [4.69, 9.17) is 4.74 Å². The number of rotatable bonds is 3. The highest BCUT2D eigenvalue weighted by Crippen LogP contribution is 2.37. The molecule has 0 unspecified atom stereocenters. The minimum atomic E-state index is -0.455. The van der Waals surface area contributed by atoms with Crippen LogP contribution in [0.25, 0.3) is 11.3 Å². The van der Waals surface area contributed by atoms with Gasteiger partial charge in [-0.15, -0.1) is 0 Å². The zero-order valence-electron chi connectivity index (χ0n) is 11.0. The highest BCUT2D eigenvalue weighted by molar-refractivity contribution is 14.1. The molecule has 0 fully saturated rings. The van der Waals surface area contributed by atoms with Crippen molar-refractivity contribution in [3.63, 3.8) is 0 Å². The lowest BCUT2D eigenvalue weighted by atomic mass is 10.1. The zero-order chi connectivity index (χ0) is 15.6. The summed E-state index contributed by atoms with van der Waals surface area (Å²) in [5, 5.41) is 9.71. The van der Waals surface area contributed by atoms with Crippen molar-refractivity contribution in [2.45, 2.75) is 5.16 Å². The van der Waals surface area contributed by atoms with Crippen LogP contribution in [-0.2, 0) is 0 Å². The van der Waals surface area contributed by atoms with Crippen LogP contribution in [0.1, 0.15) is 5.56 Å². The zero-order valence-corrected chi connectivity index (χ0v) is 15.6. The van der Waals surface area contributed by atoms with Gasteiger partial charge in [0.05, 0.1) is 10.7 Å². The van der Waals surface area contributed by atoms with E-state index in [-0.39, 0.29) is 5.56 Å². The lowest BCUT2D eigenvalue weighted by Crippen LogP contribution is -2.15. The number of benzene rings is 1. The molecular formula is C13H9BrIN3O2S. The third kappa shape index (κ3) is 3.25. The Morgan fingerprint density at radius 3 is 2.81 bits per heavy atom. The molecule has 0 radical (unpaired) electrons. The first-order chi connectivity index (χ1) is 10.0. The van der Waals surface area contributed by atoms with Crippen LogP contribution in [0.15, 0.2) is 26.6 Å². The molecule has 0 atom stereocenters. The number of nitriles is 1. The van der Waals surface area contributed by atoms with Crippen molar-refractivity contribution in [1.29, 1.82) is 5.26 Å². The summed E-state index contributed by atoms with van der Waals surface area (Å²) in [6.45, 7) is 0. The number of aromatic amines is 1. The van der Waals surface area contributed by atoms with Gasteiger partial charge in [0, 0.05) is 10.0 Å². The molecular weight excluding hydrogens is 469 g/mol. The molecule has 5 nitrogen and oxygen atoms in total. The molecule has 0 aliphatic rings. The van der Waals surface area contributed by atoms with Crippen LogP contribution in [0.4, 0.5) is 0 Å². The topological polar surface area (TPSA) is 78.8 Å². The van der Waals surface area contributed by atoms with Crippen molar-refractivity contribution in [2.75, 3.05) is 13.4 Å². The van der Waals surface area contributed by atoms with Gasteiger partial charge in [-0.1, -0.05) is 27.7 Å². The monoisotopic (exact) mass is 477 g/mol. The van der Waals surface area contributed by atoms with Crippen LogP contribution < -0.4 is 10.3 Å². The molecule has 2 rings (SSSR count). The van der Waals surface area contributed by atoms with Gasteiger partial charge in [-0.25, -0.2) is 4.98 Å². The minimum absolute atomic E-state index is 0.0278. The Bertz CT molecular complexity index is 801. The standard InChI is InChI=1S/C13H9BrIN3O2S/c1-20-11-7(3-6(14)4-9(11)15)10-8(5-16)12(19)18-13(17-10)21-2/h3-4H,1-2H3,(H,17,18,19). The van der Waals surface area contributed by atoms with Crippen molar-refractivity contribution >= 4 is 50.3 Å². The third-order valence-electron chi connectivity index (χ3n) is 2.67. The smallest absolute Gasteiger partial charge is 0.270 e. The SMILES string of the molecule is COc1c(I)cc(Br)cc1-c1nc(SC)[nH]c(=O)c1C#N. The van der Waals surface area contributed by atoms with E-state index in [1.807, 2.05) is 12.1 Å². The van der Waals surface area contributed by atoms with E-state index in [1.165, 1.54) is 11.8 Å². The van der Waals surface area contributed by atoms with Gasteiger partial charge >= 0.3 is 0 Å². The van der Waals surface area contributed by atoms with Crippen molar-refractivity contribution in [1.82, 2.24) is 9.97 Å². The Morgan fingerprint density at radius 2 is 2.24 bits per heavy atom. The van der Waals surface area contributed by atoms with E-state index in [1.54, 1.807) is 19.4 Å². The fourth-order valence-electron chi connectivity index (χ4n) is 1.79. The first-order valence-corrected chi connectivity index (χ1v) is 8.73. The Hall–Kier alpha value is -1.05. The van der Waals surface area contributed by atoms with Gasteiger partial charge in [0.25, 0.3) is 5.56 Å². The number of ether oxygens (including phenoxy) is 1. The van der Waals surface area contributed by atoms with E-state index in [0.717, 1.165) is 8.04 Å². The summed E-state index contributed by atoms with van der Waals surface area (Å²) < 4.78 is 7.08. The van der Waals surface area contributed by atoms with Crippen molar-refractivity contribution in [3.05, 3.63) is 36.1 Å². The molecule has 1 aromatic heterocycles. The van der Waals surface area contributed by atoms with E-state index in [9.17, 15) is 10.1 Å². The molecule has 0 saturated heterocycles. The maximum atomic E-state index is 12.0. The number of H-pyrrole nitrogens is 1.